The van der Waals surface area contributed by atoms with E-state index >= 15 is 0 Å². The summed E-state index contributed by atoms with van der Waals surface area (Å²) in [5.74, 6) is -0.579. The van der Waals surface area contributed by atoms with E-state index in [0.29, 0.717) is 5.69 Å². The van der Waals surface area contributed by atoms with E-state index in [1.54, 1.807) is 20.2 Å². The molecule has 0 spiro atoms. The number of benzene rings is 1. The molecule has 0 aliphatic carbocycles. The van der Waals surface area contributed by atoms with Crippen molar-refractivity contribution in [1.82, 2.24) is 4.90 Å². The van der Waals surface area contributed by atoms with Gasteiger partial charge >= 0.3 is 0 Å². The molecule has 5 heteroatoms. The smallest absolute Gasteiger partial charge is 0.241 e. The van der Waals surface area contributed by atoms with Crippen LogP contribution in [0.3, 0.4) is 0 Å². The summed E-state index contributed by atoms with van der Waals surface area (Å²) in [5, 5.41) is 2.87. The van der Waals surface area contributed by atoms with Gasteiger partial charge in [0.2, 0.25) is 5.91 Å². The van der Waals surface area contributed by atoms with Crippen LogP contribution in [0.1, 0.15) is 0 Å². The molecular weight excluding hydrogens is 219 g/mol. The molecule has 0 radical (unpaired) electrons. The van der Waals surface area contributed by atoms with Gasteiger partial charge in [0.05, 0.1) is 11.6 Å². The first-order valence-corrected chi connectivity index (χ1v) is 4.77. The monoisotopic (exact) mass is 230 g/mol. The Morgan fingerprint density at radius 1 is 1.53 bits per heavy atom. The fourth-order valence-corrected chi connectivity index (χ4v) is 1.06. The largest absolute Gasteiger partial charge is 0.376 e. The second-order valence-corrected chi connectivity index (χ2v) is 3.68. The van der Waals surface area contributed by atoms with Crippen LogP contribution in [0.4, 0.5) is 10.1 Å². The maximum absolute atomic E-state index is 13.0. The maximum atomic E-state index is 13.0. The molecule has 15 heavy (non-hydrogen) atoms. The Hall–Kier alpha value is -1.29. The molecular formula is C10H12ClFN2O. The van der Waals surface area contributed by atoms with Crippen molar-refractivity contribution in [2.75, 3.05) is 26.0 Å². The average molecular weight is 231 g/mol. The molecule has 0 aliphatic heterocycles. The fourth-order valence-electron chi connectivity index (χ4n) is 0.942. The van der Waals surface area contributed by atoms with Gasteiger partial charge in [0, 0.05) is 19.8 Å². The molecule has 1 rings (SSSR count). The number of hydrogen-bond acceptors (Lipinski definition) is 2. The van der Waals surface area contributed by atoms with Gasteiger partial charge in [-0.2, -0.15) is 0 Å². The van der Waals surface area contributed by atoms with Gasteiger partial charge in [-0.1, -0.05) is 11.6 Å². The zero-order valence-electron chi connectivity index (χ0n) is 8.55. The number of nitrogens with one attached hydrogen (secondary N) is 1. The molecule has 0 atom stereocenters. The number of anilines is 1. The third kappa shape index (κ3) is 3.40. The highest BCUT2D eigenvalue weighted by Crippen LogP contribution is 2.18. The lowest BCUT2D eigenvalue weighted by molar-refractivity contribution is -0.126. The highest BCUT2D eigenvalue weighted by molar-refractivity contribution is 6.30. The first-order chi connectivity index (χ1) is 7.00. The Bertz CT molecular complexity index is 368. The first kappa shape index (κ1) is 11.8. The van der Waals surface area contributed by atoms with E-state index in [0.717, 1.165) is 0 Å². The van der Waals surface area contributed by atoms with Gasteiger partial charge in [0.25, 0.3) is 0 Å². The lowest BCUT2D eigenvalue weighted by atomic mass is 10.3. The quantitative estimate of drug-likeness (QED) is 0.861. The SMILES string of the molecule is CN(C)C(=O)CNc1ccc(Cl)c(F)c1. The molecule has 1 aromatic rings. The predicted molar refractivity (Wildman–Crippen MR) is 58.6 cm³/mol. The van der Waals surface area contributed by atoms with Crippen molar-refractivity contribution in [3.8, 4) is 0 Å². The van der Waals surface area contributed by atoms with Crippen LogP contribution in [0.25, 0.3) is 0 Å². The summed E-state index contributed by atoms with van der Waals surface area (Å²) >= 11 is 5.52. The van der Waals surface area contributed by atoms with E-state index in [1.807, 2.05) is 0 Å². The van der Waals surface area contributed by atoms with Crippen LogP contribution in [0.5, 0.6) is 0 Å². The van der Waals surface area contributed by atoms with Crippen molar-refractivity contribution >= 4 is 23.2 Å². The van der Waals surface area contributed by atoms with Crippen LogP contribution in [0.2, 0.25) is 5.02 Å². The zero-order valence-corrected chi connectivity index (χ0v) is 9.31. The van der Waals surface area contributed by atoms with Crippen LogP contribution in [0, 0.1) is 5.82 Å². The number of likely N-dealkylation sites (N-methyl/N-ethyl adjacent to an activating group) is 1. The normalized spacial score (nSPS) is 9.87. The number of halogens is 2. The number of hydrogen-bond donors (Lipinski definition) is 1. The van der Waals surface area contributed by atoms with Gasteiger partial charge in [-0.05, 0) is 18.2 Å². The number of rotatable bonds is 3. The van der Waals surface area contributed by atoms with Gasteiger partial charge in [0.15, 0.2) is 0 Å². The van der Waals surface area contributed by atoms with Gasteiger partial charge in [-0.15, -0.1) is 0 Å². The Morgan fingerprint density at radius 2 is 2.20 bits per heavy atom. The number of carbonyl (C=O) groups is 1. The van der Waals surface area contributed by atoms with Gasteiger partial charge in [-0.25, -0.2) is 4.39 Å². The summed E-state index contributed by atoms with van der Waals surface area (Å²) in [4.78, 5) is 12.7. The van der Waals surface area contributed by atoms with Crippen molar-refractivity contribution < 1.29 is 9.18 Å². The first-order valence-electron chi connectivity index (χ1n) is 4.40. The molecule has 0 saturated heterocycles. The Morgan fingerprint density at radius 3 is 2.73 bits per heavy atom. The summed E-state index contributed by atoms with van der Waals surface area (Å²) in [6.45, 7) is 0.133. The molecule has 1 amide bonds. The van der Waals surface area contributed by atoms with E-state index in [4.69, 9.17) is 11.6 Å². The minimum Gasteiger partial charge on any atom is -0.376 e. The van der Waals surface area contributed by atoms with Crippen LogP contribution >= 0.6 is 11.6 Å². The summed E-state index contributed by atoms with van der Waals surface area (Å²) in [7, 11) is 3.32. The number of nitrogens with zero attached hydrogens (tertiary/aromatic N) is 1. The molecule has 0 aromatic heterocycles. The molecule has 0 heterocycles. The third-order valence-corrected chi connectivity index (χ3v) is 2.17. The van der Waals surface area contributed by atoms with Crippen molar-refractivity contribution in [1.29, 1.82) is 0 Å². The Balaban J connectivity index is 2.58. The molecule has 3 nitrogen and oxygen atoms in total. The van der Waals surface area contributed by atoms with E-state index in [9.17, 15) is 9.18 Å². The molecule has 0 unspecified atom stereocenters. The van der Waals surface area contributed by atoms with Crippen molar-refractivity contribution in [2.45, 2.75) is 0 Å². The second kappa shape index (κ2) is 4.98. The van der Waals surface area contributed by atoms with Gasteiger partial charge in [0.1, 0.15) is 5.82 Å². The van der Waals surface area contributed by atoms with Gasteiger partial charge in [-0.3, -0.25) is 4.79 Å². The summed E-state index contributed by atoms with van der Waals surface area (Å²) in [6, 6.07) is 4.32. The summed E-state index contributed by atoms with van der Waals surface area (Å²) in [6.07, 6.45) is 0. The molecule has 0 aliphatic rings. The zero-order chi connectivity index (χ0) is 11.4. The molecule has 82 valence electrons. The van der Waals surface area contributed by atoms with Crippen molar-refractivity contribution in [2.24, 2.45) is 0 Å². The predicted octanol–water partition coefficient (Wildman–Crippen LogP) is 1.98. The molecule has 1 aromatic carbocycles. The fraction of sp³-hybridized carbons (Fsp3) is 0.300. The summed E-state index contributed by atoms with van der Waals surface area (Å²) < 4.78 is 13.0. The van der Waals surface area contributed by atoms with Crippen LogP contribution < -0.4 is 5.32 Å². The molecule has 1 N–H and O–H groups in total. The highest BCUT2D eigenvalue weighted by atomic mass is 35.5. The topological polar surface area (TPSA) is 32.3 Å². The van der Waals surface area contributed by atoms with Gasteiger partial charge < -0.3 is 10.2 Å². The minimum atomic E-state index is -0.501. The number of amides is 1. The van der Waals surface area contributed by atoms with Crippen molar-refractivity contribution in [3.05, 3.63) is 29.0 Å². The summed E-state index contributed by atoms with van der Waals surface area (Å²) in [5.41, 5.74) is 0.534. The average Bonchev–Trinajstić information content (AvgIpc) is 2.19. The Kier molecular flexibility index (Phi) is 3.91. The highest BCUT2D eigenvalue weighted by Gasteiger charge is 2.04. The van der Waals surface area contributed by atoms with E-state index in [1.165, 1.54) is 17.0 Å². The van der Waals surface area contributed by atoms with E-state index in [2.05, 4.69) is 5.32 Å². The van der Waals surface area contributed by atoms with E-state index < -0.39 is 5.82 Å². The molecule has 0 bridgehead atoms. The number of carbonyl (C=O) groups excluding carboxylic acids is 1. The lowest BCUT2D eigenvalue weighted by Gasteiger charge is -2.11. The third-order valence-electron chi connectivity index (χ3n) is 1.86. The van der Waals surface area contributed by atoms with Crippen LogP contribution in [-0.4, -0.2) is 31.4 Å². The van der Waals surface area contributed by atoms with Crippen molar-refractivity contribution in [3.63, 3.8) is 0 Å². The Labute approximate surface area is 92.8 Å². The van der Waals surface area contributed by atoms with Crippen LogP contribution in [-0.2, 0) is 4.79 Å². The maximum Gasteiger partial charge on any atom is 0.241 e. The molecule has 0 saturated carbocycles. The second-order valence-electron chi connectivity index (χ2n) is 3.27. The lowest BCUT2D eigenvalue weighted by Crippen LogP contribution is -2.28. The molecule has 0 fully saturated rings. The van der Waals surface area contributed by atoms with Crippen LogP contribution in [0.15, 0.2) is 18.2 Å². The van der Waals surface area contributed by atoms with E-state index in [-0.39, 0.29) is 17.5 Å². The minimum absolute atomic E-state index is 0.0690. The standard InChI is InChI=1S/C10H12ClFN2O/c1-14(2)10(15)6-13-7-3-4-8(11)9(12)5-7/h3-5,13H,6H2,1-2H3.